The summed E-state index contributed by atoms with van der Waals surface area (Å²) in [6, 6.07) is 1.67. The van der Waals surface area contributed by atoms with Crippen LogP contribution in [0.5, 0.6) is 0 Å². The van der Waals surface area contributed by atoms with Gasteiger partial charge in [-0.3, -0.25) is 0 Å². The molecule has 1 aromatic carbocycles. The van der Waals surface area contributed by atoms with Gasteiger partial charge >= 0.3 is 0 Å². The van der Waals surface area contributed by atoms with Crippen molar-refractivity contribution in [1.82, 2.24) is 9.97 Å². The molecule has 0 aliphatic heterocycles. The van der Waals surface area contributed by atoms with Crippen molar-refractivity contribution in [2.45, 2.75) is 13.3 Å². The van der Waals surface area contributed by atoms with Crippen LogP contribution in [-0.4, -0.2) is 9.97 Å². The quantitative estimate of drug-likeness (QED) is 0.857. The number of aryl methyl sites for hydroxylation is 1. The highest BCUT2D eigenvalue weighted by atomic mass is 79.9. The molecule has 0 radical (unpaired) electrons. The molecular formula is C12H9BrF3N3. The molecule has 1 aromatic heterocycles. The minimum atomic E-state index is -1.52. The second-order valence-corrected chi connectivity index (χ2v) is 4.59. The van der Waals surface area contributed by atoms with E-state index in [0.717, 1.165) is 12.1 Å². The van der Waals surface area contributed by atoms with Crippen LogP contribution in [0, 0.1) is 17.5 Å². The van der Waals surface area contributed by atoms with Gasteiger partial charge in [0.25, 0.3) is 0 Å². The zero-order valence-corrected chi connectivity index (χ0v) is 11.4. The maximum Gasteiger partial charge on any atom is 0.194 e. The fourth-order valence-electron chi connectivity index (χ4n) is 1.56. The van der Waals surface area contributed by atoms with Crippen LogP contribution in [0.25, 0.3) is 11.4 Å². The Morgan fingerprint density at radius 2 is 1.74 bits per heavy atom. The Labute approximate surface area is 115 Å². The molecule has 2 rings (SSSR count). The van der Waals surface area contributed by atoms with E-state index in [9.17, 15) is 13.2 Å². The number of benzene rings is 1. The first-order chi connectivity index (χ1) is 8.93. The van der Waals surface area contributed by atoms with E-state index in [0.29, 0.717) is 16.6 Å². The fourth-order valence-corrected chi connectivity index (χ4v) is 2.02. The van der Waals surface area contributed by atoms with Crippen LogP contribution in [0.15, 0.2) is 16.6 Å². The Kier molecular flexibility index (Phi) is 3.75. The van der Waals surface area contributed by atoms with Gasteiger partial charge < -0.3 is 5.73 Å². The second kappa shape index (κ2) is 5.16. The molecule has 0 aliphatic carbocycles. The number of halogens is 4. The normalized spacial score (nSPS) is 10.8. The first-order valence-electron chi connectivity index (χ1n) is 5.40. The lowest BCUT2D eigenvalue weighted by atomic mass is 10.2. The van der Waals surface area contributed by atoms with Gasteiger partial charge in [0.1, 0.15) is 5.82 Å². The van der Waals surface area contributed by atoms with Crippen LogP contribution in [-0.2, 0) is 6.42 Å². The largest absolute Gasteiger partial charge is 0.383 e. The standard InChI is InChI=1S/C12H9BrF3N3/c1-2-8-9(13)11(17)19-12(18-8)5-3-6(14)10(16)7(15)4-5/h3-4H,2H2,1H3,(H2,17,18,19). The summed E-state index contributed by atoms with van der Waals surface area (Å²) in [6.45, 7) is 1.85. The van der Waals surface area contributed by atoms with Gasteiger partial charge in [0.15, 0.2) is 23.3 Å². The van der Waals surface area contributed by atoms with E-state index in [4.69, 9.17) is 5.73 Å². The van der Waals surface area contributed by atoms with Gasteiger partial charge in [-0.25, -0.2) is 23.1 Å². The monoisotopic (exact) mass is 331 g/mol. The molecule has 1 heterocycles. The van der Waals surface area contributed by atoms with E-state index in [1.807, 2.05) is 6.92 Å². The third-order valence-corrected chi connectivity index (χ3v) is 3.39. The highest BCUT2D eigenvalue weighted by molar-refractivity contribution is 9.10. The number of hydrogen-bond acceptors (Lipinski definition) is 3. The maximum absolute atomic E-state index is 13.2. The minimum absolute atomic E-state index is 0.0327. The molecular weight excluding hydrogens is 323 g/mol. The molecule has 0 aliphatic rings. The summed E-state index contributed by atoms with van der Waals surface area (Å²) < 4.78 is 39.8. The summed E-state index contributed by atoms with van der Waals surface area (Å²) in [6.07, 6.45) is 0.562. The van der Waals surface area contributed by atoms with Crippen LogP contribution in [0.2, 0.25) is 0 Å². The minimum Gasteiger partial charge on any atom is -0.383 e. The molecule has 2 N–H and O–H groups in total. The summed E-state index contributed by atoms with van der Waals surface area (Å²) in [5.74, 6) is -3.90. The molecule has 0 saturated carbocycles. The summed E-state index contributed by atoms with van der Waals surface area (Å²) in [5.41, 5.74) is 6.32. The highest BCUT2D eigenvalue weighted by Crippen LogP contribution is 2.27. The van der Waals surface area contributed by atoms with Crippen LogP contribution in [0.4, 0.5) is 19.0 Å². The van der Waals surface area contributed by atoms with Crippen molar-refractivity contribution < 1.29 is 13.2 Å². The van der Waals surface area contributed by atoms with Crippen LogP contribution in [0.3, 0.4) is 0 Å². The number of nitrogens with zero attached hydrogens (tertiary/aromatic N) is 2. The Bertz CT molecular complexity index is 623. The van der Waals surface area contributed by atoms with Crippen molar-refractivity contribution >= 4 is 21.7 Å². The Hall–Kier alpha value is -1.63. The number of nitrogens with two attached hydrogens (primary N) is 1. The van der Waals surface area contributed by atoms with E-state index in [1.54, 1.807) is 0 Å². The van der Waals surface area contributed by atoms with Crippen LogP contribution >= 0.6 is 15.9 Å². The lowest BCUT2D eigenvalue weighted by molar-refractivity contribution is 0.447. The van der Waals surface area contributed by atoms with Crippen molar-refractivity contribution in [3.63, 3.8) is 0 Å². The van der Waals surface area contributed by atoms with Gasteiger partial charge in [-0.05, 0) is 34.5 Å². The lowest BCUT2D eigenvalue weighted by Crippen LogP contribution is -2.03. The fraction of sp³-hybridized carbons (Fsp3) is 0.167. The third-order valence-electron chi connectivity index (χ3n) is 2.52. The van der Waals surface area contributed by atoms with E-state index in [2.05, 4.69) is 25.9 Å². The number of aromatic nitrogens is 2. The van der Waals surface area contributed by atoms with Gasteiger partial charge in [0.05, 0.1) is 10.2 Å². The van der Waals surface area contributed by atoms with Crippen molar-refractivity contribution in [3.05, 3.63) is 39.8 Å². The summed E-state index contributed by atoms with van der Waals surface area (Å²) in [5, 5.41) is 0. The third kappa shape index (κ3) is 2.56. The van der Waals surface area contributed by atoms with E-state index in [1.165, 1.54) is 0 Å². The molecule has 0 atom stereocenters. The Balaban J connectivity index is 2.62. The summed E-state index contributed by atoms with van der Waals surface area (Å²) >= 11 is 3.23. The van der Waals surface area contributed by atoms with Gasteiger partial charge in [-0.15, -0.1) is 0 Å². The molecule has 0 fully saturated rings. The second-order valence-electron chi connectivity index (χ2n) is 3.80. The molecule has 0 bridgehead atoms. The first-order valence-corrected chi connectivity index (χ1v) is 6.20. The predicted octanol–water partition coefficient (Wildman–Crippen LogP) is 3.47. The first kappa shape index (κ1) is 13.8. The molecule has 2 aromatic rings. The van der Waals surface area contributed by atoms with Gasteiger partial charge in [-0.1, -0.05) is 6.92 Å². The van der Waals surface area contributed by atoms with Crippen LogP contribution in [0.1, 0.15) is 12.6 Å². The molecule has 0 unspecified atom stereocenters. The highest BCUT2D eigenvalue weighted by Gasteiger charge is 2.15. The summed E-state index contributed by atoms with van der Waals surface area (Å²) in [4.78, 5) is 8.07. The molecule has 7 heteroatoms. The zero-order valence-electron chi connectivity index (χ0n) is 9.85. The smallest absolute Gasteiger partial charge is 0.194 e. The lowest BCUT2D eigenvalue weighted by Gasteiger charge is -2.08. The molecule has 19 heavy (non-hydrogen) atoms. The van der Waals surface area contributed by atoms with Crippen molar-refractivity contribution in [2.75, 3.05) is 5.73 Å². The number of anilines is 1. The molecule has 0 spiro atoms. The Morgan fingerprint density at radius 3 is 2.26 bits per heavy atom. The molecule has 0 saturated heterocycles. The number of rotatable bonds is 2. The zero-order chi connectivity index (χ0) is 14.2. The van der Waals surface area contributed by atoms with Gasteiger partial charge in [-0.2, -0.15) is 0 Å². The topological polar surface area (TPSA) is 51.8 Å². The maximum atomic E-state index is 13.2. The van der Waals surface area contributed by atoms with Crippen molar-refractivity contribution in [3.8, 4) is 11.4 Å². The average Bonchev–Trinajstić information content (AvgIpc) is 2.38. The SMILES string of the molecule is CCc1nc(-c2cc(F)c(F)c(F)c2)nc(N)c1Br. The van der Waals surface area contributed by atoms with E-state index < -0.39 is 17.5 Å². The van der Waals surface area contributed by atoms with Crippen molar-refractivity contribution in [2.24, 2.45) is 0 Å². The van der Waals surface area contributed by atoms with Crippen LogP contribution < -0.4 is 5.73 Å². The Morgan fingerprint density at radius 1 is 1.16 bits per heavy atom. The number of hydrogen-bond donors (Lipinski definition) is 1. The molecule has 100 valence electrons. The predicted molar refractivity (Wildman–Crippen MR) is 68.8 cm³/mol. The average molecular weight is 332 g/mol. The molecule has 0 amide bonds. The van der Waals surface area contributed by atoms with E-state index in [-0.39, 0.29) is 17.2 Å². The number of nitrogen functional groups attached to an aromatic ring is 1. The molecule has 3 nitrogen and oxygen atoms in total. The van der Waals surface area contributed by atoms with Gasteiger partial charge in [0.2, 0.25) is 0 Å². The van der Waals surface area contributed by atoms with Crippen molar-refractivity contribution in [1.29, 1.82) is 0 Å². The van der Waals surface area contributed by atoms with Gasteiger partial charge in [0, 0.05) is 5.56 Å². The summed E-state index contributed by atoms with van der Waals surface area (Å²) in [7, 11) is 0. The van der Waals surface area contributed by atoms with E-state index >= 15 is 0 Å².